The molecule has 9 heteroatoms. The maximum Gasteiger partial charge on any atom is 0.242 e. The lowest BCUT2D eigenvalue weighted by Gasteiger charge is -2.08. The number of benzene rings is 1. The molecular weight excluding hydrogens is 355 g/mol. The fourth-order valence-corrected chi connectivity index (χ4v) is 2.76. The lowest BCUT2D eigenvalue weighted by molar-refractivity contribution is 0.477. The molecule has 0 atom stereocenters. The first kappa shape index (κ1) is 16.6. The molecule has 1 aliphatic carbocycles. The number of aromatic nitrogens is 5. The molecule has 26 heavy (non-hydrogen) atoms. The van der Waals surface area contributed by atoms with Gasteiger partial charge in [0.1, 0.15) is 17.1 Å². The monoisotopic (exact) mass is 370 g/mol. The van der Waals surface area contributed by atoms with Crippen LogP contribution in [0.4, 0.5) is 10.3 Å². The summed E-state index contributed by atoms with van der Waals surface area (Å²) in [4.78, 5) is 12.3. The number of anilines is 1. The third kappa shape index (κ3) is 3.43. The Balaban J connectivity index is 1.63. The minimum absolute atomic E-state index is 0.0507. The Bertz CT molecular complexity index is 948. The summed E-state index contributed by atoms with van der Waals surface area (Å²) in [5, 5.41) is 22.1. The zero-order valence-corrected chi connectivity index (χ0v) is 14.7. The van der Waals surface area contributed by atoms with Gasteiger partial charge in [0.25, 0.3) is 0 Å². The summed E-state index contributed by atoms with van der Waals surface area (Å²) in [6.45, 7) is 0. The van der Waals surface area contributed by atoms with Gasteiger partial charge in [-0.05, 0) is 31.2 Å². The molecule has 1 fully saturated rings. The molecule has 0 saturated heterocycles. The first-order chi connectivity index (χ1) is 12.6. The Morgan fingerprint density at radius 1 is 1.19 bits per heavy atom. The SMILES string of the molecule is CSc1ncc(F)c(-c2ccc(-c3cnc(NC4CC4)nn3)c(O)c2)n1. The van der Waals surface area contributed by atoms with Crippen LogP contribution in [0.1, 0.15) is 12.8 Å². The summed E-state index contributed by atoms with van der Waals surface area (Å²) in [5.41, 5.74) is 1.49. The van der Waals surface area contributed by atoms with E-state index in [9.17, 15) is 9.50 Å². The van der Waals surface area contributed by atoms with Crippen molar-refractivity contribution >= 4 is 17.7 Å². The molecule has 0 aliphatic heterocycles. The Morgan fingerprint density at radius 3 is 2.69 bits per heavy atom. The summed E-state index contributed by atoms with van der Waals surface area (Å²) < 4.78 is 14.0. The van der Waals surface area contributed by atoms with E-state index in [-0.39, 0.29) is 11.4 Å². The highest BCUT2D eigenvalue weighted by Crippen LogP contribution is 2.33. The second-order valence-electron chi connectivity index (χ2n) is 5.87. The number of hydrogen-bond acceptors (Lipinski definition) is 8. The zero-order chi connectivity index (χ0) is 18.1. The quantitative estimate of drug-likeness (QED) is 0.522. The molecule has 2 N–H and O–H groups in total. The van der Waals surface area contributed by atoms with Crippen molar-refractivity contribution in [2.45, 2.75) is 24.0 Å². The second-order valence-corrected chi connectivity index (χ2v) is 6.64. The Kier molecular flexibility index (Phi) is 4.37. The highest BCUT2D eigenvalue weighted by atomic mass is 32.2. The molecule has 4 rings (SSSR count). The predicted molar refractivity (Wildman–Crippen MR) is 96.3 cm³/mol. The van der Waals surface area contributed by atoms with Gasteiger partial charge in [0.2, 0.25) is 5.95 Å². The van der Waals surface area contributed by atoms with E-state index in [1.54, 1.807) is 18.3 Å². The van der Waals surface area contributed by atoms with Crippen LogP contribution in [0.15, 0.2) is 35.7 Å². The number of halogens is 1. The van der Waals surface area contributed by atoms with Gasteiger partial charge in [0.05, 0.1) is 12.4 Å². The minimum Gasteiger partial charge on any atom is -0.507 e. The van der Waals surface area contributed by atoms with E-state index in [4.69, 9.17) is 0 Å². The molecular formula is C17H15FN6OS. The van der Waals surface area contributed by atoms with Crippen LogP contribution in [0, 0.1) is 5.82 Å². The molecule has 0 unspecified atom stereocenters. The molecule has 1 aliphatic rings. The number of nitrogens with zero attached hydrogens (tertiary/aromatic N) is 5. The van der Waals surface area contributed by atoms with Crippen LogP contribution in [0.2, 0.25) is 0 Å². The number of nitrogens with one attached hydrogen (secondary N) is 1. The van der Waals surface area contributed by atoms with Gasteiger partial charge in [0.15, 0.2) is 11.0 Å². The Hall–Kier alpha value is -2.81. The summed E-state index contributed by atoms with van der Waals surface area (Å²) >= 11 is 1.32. The van der Waals surface area contributed by atoms with Crippen molar-refractivity contribution in [2.24, 2.45) is 0 Å². The molecule has 1 aromatic carbocycles. The summed E-state index contributed by atoms with van der Waals surface area (Å²) in [7, 11) is 0. The van der Waals surface area contributed by atoms with Gasteiger partial charge < -0.3 is 10.4 Å². The van der Waals surface area contributed by atoms with Gasteiger partial charge in [-0.2, -0.15) is 0 Å². The van der Waals surface area contributed by atoms with E-state index >= 15 is 0 Å². The maximum absolute atomic E-state index is 14.0. The van der Waals surface area contributed by atoms with Crippen LogP contribution in [0.25, 0.3) is 22.5 Å². The van der Waals surface area contributed by atoms with E-state index in [1.165, 1.54) is 17.8 Å². The predicted octanol–water partition coefficient (Wildman–Crippen LogP) is 3.14. The van der Waals surface area contributed by atoms with Crippen LogP contribution in [-0.2, 0) is 0 Å². The molecule has 132 valence electrons. The standard InChI is InChI=1S/C17H15FN6OS/c1-26-17-20-7-12(18)15(22-17)9-2-5-11(14(25)6-9)13-8-19-16(24-23-13)21-10-3-4-10/h2,5-8,10,25H,3-4H2,1H3,(H,19,21,24). The first-order valence-corrected chi connectivity index (χ1v) is 9.23. The number of hydrogen-bond donors (Lipinski definition) is 2. The zero-order valence-electron chi connectivity index (χ0n) is 13.8. The van der Waals surface area contributed by atoms with Gasteiger partial charge in [-0.1, -0.05) is 17.8 Å². The van der Waals surface area contributed by atoms with E-state index < -0.39 is 5.82 Å². The van der Waals surface area contributed by atoms with Gasteiger partial charge in [-0.3, -0.25) is 0 Å². The number of phenols is 1. The molecule has 2 aromatic heterocycles. The summed E-state index contributed by atoms with van der Waals surface area (Å²) in [6, 6.07) is 5.19. The van der Waals surface area contributed by atoms with Crippen molar-refractivity contribution in [2.75, 3.05) is 11.6 Å². The largest absolute Gasteiger partial charge is 0.507 e. The number of rotatable bonds is 5. The van der Waals surface area contributed by atoms with Crippen LogP contribution >= 0.6 is 11.8 Å². The van der Waals surface area contributed by atoms with Crippen molar-refractivity contribution in [1.82, 2.24) is 25.1 Å². The third-order valence-corrected chi connectivity index (χ3v) is 4.49. The average molecular weight is 370 g/mol. The smallest absolute Gasteiger partial charge is 0.242 e. The van der Waals surface area contributed by atoms with Gasteiger partial charge >= 0.3 is 0 Å². The van der Waals surface area contributed by atoms with Crippen molar-refractivity contribution in [1.29, 1.82) is 0 Å². The fourth-order valence-electron chi connectivity index (χ4n) is 2.42. The molecule has 0 spiro atoms. The lowest BCUT2D eigenvalue weighted by atomic mass is 10.1. The van der Waals surface area contributed by atoms with Crippen LogP contribution in [0.5, 0.6) is 5.75 Å². The first-order valence-electron chi connectivity index (χ1n) is 8.00. The van der Waals surface area contributed by atoms with E-state index in [1.807, 2.05) is 6.26 Å². The number of phenolic OH excluding ortho intramolecular Hbond substituents is 1. The summed E-state index contributed by atoms with van der Waals surface area (Å²) in [6.07, 6.45) is 6.71. The summed E-state index contributed by atoms with van der Waals surface area (Å²) in [5.74, 6) is -0.128. The molecule has 1 saturated carbocycles. The van der Waals surface area contributed by atoms with E-state index in [0.717, 1.165) is 19.0 Å². The van der Waals surface area contributed by atoms with E-state index in [0.29, 0.717) is 34.0 Å². The van der Waals surface area contributed by atoms with Crippen LogP contribution < -0.4 is 5.32 Å². The maximum atomic E-state index is 14.0. The molecule has 0 amide bonds. The highest BCUT2D eigenvalue weighted by molar-refractivity contribution is 7.98. The van der Waals surface area contributed by atoms with Crippen molar-refractivity contribution in [3.05, 3.63) is 36.4 Å². The van der Waals surface area contributed by atoms with Gasteiger partial charge in [-0.25, -0.2) is 19.3 Å². The molecule has 7 nitrogen and oxygen atoms in total. The molecule has 2 heterocycles. The lowest BCUT2D eigenvalue weighted by Crippen LogP contribution is -2.06. The van der Waals surface area contributed by atoms with Crippen molar-refractivity contribution in [3.8, 4) is 28.3 Å². The van der Waals surface area contributed by atoms with Crippen LogP contribution in [0.3, 0.4) is 0 Å². The van der Waals surface area contributed by atoms with Crippen LogP contribution in [-0.4, -0.2) is 42.6 Å². The molecule has 0 bridgehead atoms. The highest BCUT2D eigenvalue weighted by Gasteiger charge is 2.22. The van der Waals surface area contributed by atoms with Gasteiger partial charge in [-0.15, -0.1) is 10.2 Å². The van der Waals surface area contributed by atoms with Crippen molar-refractivity contribution in [3.63, 3.8) is 0 Å². The molecule has 0 radical (unpaired) electrons. The minimum atomic E-state index is -0.549. The normalized spacial score (nSPS) is 13.6. The topological polar surface area (TPSA) is 96.7 Å². The Morgan fingerprint density at radius 2 is 2.04 bits per heavy atom. The van der Waals surface area contributed by atoms with Gasteiger partial charge in [0, 0.05) is 17.2 Å². The molecule has 3 aromatic rings. The number of thioether (sulfide) groups is 1. The number of aromatic hydroxyl groups is 1. The third-order valence-electron chi connectivity index (χ3n) is 3.92. The van der Waals surface area contributed by atoms with E-state index in [2.05, 4.69) is 30.5 Å². The fraction of sp³-hybridized carbons (Fsp3) is 0.235. The second kappa shape index (κ2) is 6.83. The average Bonchev–Trinajstić information content (AvgIpc) is 3.47. The Labute approximate surface area is 153 Å². The van der Waals surface area contributed by atoms with Crippen molar-refractivity contribution < 1.29 is 9.50 Å².